The third-order valence-corrected chi connectivity index (χ3v) is 4.12. The van der Waals surface area contributed by atoms with Gasteiger partial charge in [-0.2, -0.15) is 0 Å². The fourth-order valence-corrected chi connectivity index (χ4v) is 2.53. The normalized spacial score (nSPS) is 12.7. The minimum Gasteiger partial charge on any atom is -0.491 e. The maximum atomic E-state index is 12.2. The molecule has 0 saturated carbocycles. The summed E-state index contributed by atoms with van der Waals surface area (Å²) in [5, 5.41) is 22.3. The van der Waals surface area contributed by atoms with E-state index in [9.17, 15) is 9.90 Å². The Morgan fingerprint density at radius 1 is 1.26 bits per heavy atom. The SMILES string of the molecule is CC(C)(/C=C/C(=O)Nc1ccccc1N)[C@H](O)c1cccc(OCCO)c1. The van der Waals surface area contributed by atoms with Gasteiger partial charge in [-0.1, -0.05) is 44.2 Å². The van der Waals surface area contributed by atoms with Crippen LogP contribution in [0.5, 0.6) is 5.75 Å². The monoisotopic (exact) mass is 370 g/mol. The molecule has 5 N–H and O–H groups in total. The molecule has 2 aromatic carbocycles. The quantitative estimate of drug-likeness (QED) is 0.422. The Hall–Kier alpha value is -2.83. The zero-order valence-electron chi connectivity index (χ0n) is 15.6. The van der Waals surface area contributed by atoms with Crippen molar-refractivity contribution in [1.82, 2.24) is 0 Å². The second-order valence-electron chi connectivity index (χ2n) is 6.78. The van der Waals surface area contributed by atoms with E-state index >= 15 is 0 Å². The summed E-state index contributed by atoms with van der Waals surface area (Å²) in [6.45, 7) is 3.77. The smallest absolute Gasteiger partial charge is 0.248 e. The molecular weight excluding hydrogens is 344 g/mol. The Morgan fingerprint density at radius 3 is 2.70 bits per heavy atom. The van der Waals surface area contributed by atoms with E-state index in [4.69, 9.17) is 15.6 Å². The fraction of sp³-hybridized carbons (Fsp3) is 0.286. The van der Waals surface area contributed by atoms with Crippen molar-refractivity contribution >= 4 is 17.3 Å². The number of ether oxygens (including phenoxy) is 1. The van der Waals surface area contributed by atoms with Gasteiger partial charge in [-0.25, -0.2) is 0 Å². The van der Waals surface area contributed by atoms with Crippen LogP contribution in [-0.4, -0.2) is 29.3 Å². The van der Waals surface area contributed by atoms with E-state index in [0.29, 0.717) is 22.7 Å². The number of aliphatic hydroxyl groups excluding tert-OH is 2. The number of nitrogen functional groups attached to an aromatic ring is 1. The lowest BCUT2D eigenvalue weighted by molar-refractivity contribution is -0.112. The summed E-state index contributed by atoms with van der Waals surface area (Å²) >= 11 is 0. The average Bonchev–Trinajstić information content (AvgIpc) is 2.66. The molecule has 0 aromatic heterocycles. The number of hydrogen-bond acceptors (Lipinski definition) is 5. The first-order chi connectivity index (χ1) is 12.8. The predicted octanol–water partition coefficient (Wildman–Crippen LogP) is 2.89. The van der Waals surface area contributed by atoms with Crippen molar-refractivity contribution in [3.05, 3.63) is 66.2 Å². The third kappa shape index (κ3) is 5.84. The zero-order chi connectivity index (χ0) is 19.9. The highest BCUT2D eigenvalue weighted by Gasteiger charge is 2.27. The van der Waals surface area contributed by atoms with Crippen molar-refractivity contribution in [2.45, 2.75) is 20.0 Å². The molecule has 0 unspecified atom stereocenters. The van der Waals surface area contributed by atoms with Gasteiger partial charge in [0.25, 0.3) is 0 Å². The van der Waals surface area contributed by atoms with Crippen molar-refractivity contribution in [3.8, 4) is 5.75 Å². The van der Waals surface area contributed by atoms with Crippen LogP contribution in [0.3, 0.4) is 0 Å². The standard InChI is InChI=1S/C21H26N2O4/c1-21(2,11-10-19(25)23-18-9-4-3-8-17(18)22)20(26)15-6-5-7-16(14-15)27-13-12-24/h3-11,14,20,24,26H,12-13,22H2,1-2H3,(H,23,25)/b11-10+/t20-/m1/s1. The molecule has 0 aliphatic heterocycles. The molecule has 1 amide bonds. The molecule has 0 aliphatic carbocycles. The number of benzene rings is 2. The minimum absolute atomic E-state index is 0.0813. The lowest BCUT2D eigenvalue weighted by Crippen LogP contribution is -2.21. The summed E-state index contributed by atoms with van der Waals surface area (Å²) in [6, 6.07) is 14.0. The van der Waals surface area contributed by atoms with Crippen LogP contribution in [0.15, 0.2) is 60.7 Å². The Morgan fingerprint density at radius 2 is 2.00 bits per heavy atom. The van der Waals surface area contributed by atoms with Gasteiger partial charge in [0.05, 0.1) is 24.1 Å². The van der Waals surface area contributed by atoms with Gasteiger partial charge < -0.3 is 26.0 Å². The maximum Gasteiger partial charge on any atom is 0.248 e. The van der Waals surface area contributed by atoms with Gasteiger partial charge in [0.1, 0.15) is 12.4 Å². The van der Waals surface area contributed by atoms with Gasteiger partial charge >= 0.3 is 0 Å². The van der Waals surface area contributed by atoms with Crippen LogP contribution in [0, 0.1) is 5.41 Å². The summed E-state index contributed by atoms with van der Waals surface area (Å²) in [6.07, 6.45) is 2.20. The topological polar surface area (TPSA) is 105 Å². The number of nitrogens with two attached hydrogens (primary N) is 1. The molecule has 1 atom stereocenters. The van der Waals surface area contributed by atoms with Crippen LogP contribution in [0.2, 0.25) is 0 Å². The van der Waals surface area contributed by atoms with Crippen LogP contribution in [0.1, 0.15) is 25.5 Å². The lowest BCUT2D eigenvalue weighted by atomic mass is 9.82. The fourth-order valence-electron chi connectivity index (χ4n) is 2.53. The van der Waals surface area contributed by atoms with E-state index in [1.807, 2.05) is 13.8 Å². The largest absolute Gasteiger partial charge is 0.491 e. The molecule has 0 radical (unpaired) electrons. The predicted molar refractivity (Wildman–Crippen MR) is 106 cm³/mol. The number of carbonyl (C=O) groups is 1. The molecule has 27 heavy (non-hydrogen) atoms. The second-order valence-corrected chi connectivity index (χ2v) is 6.78. The third-order valence-electron chi connectivity index (χ3n) is 4.12. The molecule has 6 heteroatoms. The number of para-hydroxylation sites is 2. The van der Waals surface area contributed by atoms with Crippen molar-refractivity contribution < 1.29 is 19.7 Å². The minimum atomic E-state index is -0.846. The number of carbonyl (C=O) groups excluding carboxylic acids is 1. The van der Waals surface area contributed by atoms with E-state index < -0.39 is 11.5 Å². The number of anilines is 2. The highest BCUT2D eigenvalue weighted by molar-refractivity contribution is 6.01. The van der Waals surface area contributed by atoms with Gasteiger partial charge in [0.2, 0.25) is 5.91 Å². The van der Waals surface area contributed by atoms with Crippen molar-refractivity contribution in [3.63, 3.8) is 0 Å². The Kier molecular flexibility index (Phi) is 6.98. The molecule has 144 valence electrons. The summed E-state index contributed by atoms with van der Waals surface area (Å²) in [4.78, 5) is 12.2. The number of hydrogen-bond donors (Lipinski definition) is 4. The Balaban J connectivity index is 2.07. The van der Waals surface area contributed by atoms with E-state index in [1.54, 1.807) is 54.6 Å². The zero-order valence-corrected chi connectivity index (χ0v) is 15.6. The Labute approximate surface area is 159 Å². The first-order valence-corrected chi connectivity index (χ1v) is 8.70. The van der Waals surface area contributed by atoms with E-state index in [1.165, 1.54) is 6.08 Å². The molecule has 6 nitrogen and oxygen atoms in total. The molecule has 0 bridgehead atoms. The highest BCUT2D eigenvalue weighted by Crippen LogP contribution is 2.35. The first kappa shape index (κ1) is 20.5. The van der Waals surface area contributed by atoms with Crippen LogP contribution in [-0.2, 0) is 4.79 Å². The maximum absolute atomic E-state index is 12.2. The average molecular weight is 370 g/mol. The van der Waals surface area contributed by atoms with Crippen molar-refractivity contribution in [2.75, 3.05) is 24.3 Å². The van der Waals surface area contributed by atoms with Gasteiger partial charge in [-0.3, -0.25) is 4.79 Å². The number of amides is 1. The highest BCUT2D eigenvalue weighted by atomic mass is 16.5. The number of nitrogens with one attached hydrogen (secondary N) is 1. The Bertz CT molecular complexity index is 802. The summed E-state index contributed by atoms with van der Waals surface area (Å²) in [5.41, 5.74) is 6.80. The van der Waals surface area contributed by atoms with E-state index in [-0.39, 0.29) is 19.1 Å². The van der Waals surface area contributed by atoms with E-state index in [0.717, 1.165) is 0 Å². The molecule has 0 spiro atoms. The molecule has 0 fully saturated rings. The van der Waals surface area contributed by atoms with Gasteiger partial charge in [-0.05, 0) is 35.9 Å². The van der Waals surface area contributed by atoms with E-state index in [2.05, 4.69) is 5.32 Å². The molecule has 0 heterocycles. The van der Waals surface area contributed by atoms with Gasteiger partial charge in [0, 0.05) is 5.41 Å². The molecule has 2 rings (SSSR count). The summed E-state index contributed by atoms with van der Waals surface area (Å²) in [5.74, 6) is 0.242. The molecular formula is C21H26N2O4. The summed E-state index contributed by atoms with van der Waals surface area (Å²) < 4.78 is 5.38. The lowest BCUT2D eigenvalue weighted by Gasteiger charge is -2.28. The van der Waals surface area contributed by atoms with Crippen LogP contribution in [0.4, 0.5) is 11.4 Å². The molecule has 0 saturated heterocycles. The second kappa shape index (κ2) is 9.21. The molecule has 0 aliphatic rings. The molecule has 2 aromatic rings. The number of aliphatic hydroxyl groups is 2. The van der Waals surface area contributed by atoms with Crippen LogP contribution < -0.4 is 15.8 Å². The van der Waals surface area contributed by atoms with Crippen LogP contribution >= 0.6 is 0 Å². The first-order valence-electron chi connectivity index (χ1n) is 8.70. The van der Waals surface area contributed by atoms with Gasteiger partial charge in [-0.15, -0.1) is 0 Å². The van der Waals surface area contributed by atoms with Crippen molar-refractivity contribution in [1.29, 1.82) is 0 Å². The van der Waals surface area contributed by atoms with Crippen LogP contribution in [0.25, 0.3) is 0 Å². The van der Waals surface area contributed by atoms with Crippen molar-refractivity contribution in [2.24, 2.45) is 5.41 Å². The number of rotatable bonds is 8. The summed E-state index contributed by atoms with van der Waals surface area (Å²) in [7, 11) is 0. The van der Waals surface area contributed by atoms with Gasteiger partial charge in [0.15, 0.2) is 0 Å².